The van der Waals surface area contributed by atoms with E-state index in [-0.39, 0.29) is 16.8 Å². The SMILES string of the molecule is CC(C)C(C)(CN)NC(=O)c1ccc([N+](=O)[O-])s1. The fourth-order valence-electron chi connectivity index (χ4n) is 1.30. The summed E-state index contributed by atoms with van der Waals surface area (Å²) >= 11 is 0.860. The third kappa shape index (κ3) is 3.05. The lowest BCUT2D eigenvalue weighted by atomic mass is 9.88. The second kappa shape index (κ2) is 5.45. The van der Waals surface area contributed by atoms with E-state index in [1.807, 2.05) is 20.8 Å². The normalized spacial score (nSPS) is 14.3. The van der Waals surface area contributed by atoms with Gasteiger partial charge in [0.15, 0.2) is 0 Å². The van der Waals surface area contributed by atoms with Gasteiger partial charge in [-0.2, -0.15) is 0 Å². The Morgan fingerprint density at radius 3 is 2.61 bits per heavy atom. The first kappa shape index (κ1) is 14.6. The molecule has 0 spiro atoms. The molecule has 0 aliphatic rings. The number of nitrogens with zero attached hydrogens (tertiary/aromatic N) is 1. The highest BCUT2D eigenvalue weighted by Gasteiger charge is 2.29. The predicted octanol–water partition coefficient (Wildman–Crippen LogP) is 1.76. The molecule has 6 nitrogen and oxygen atoms in total. The summed E-state index contributed by atoms with van der Waals surface area (Å²) in [6.45, 7) is 6.09. The maximum absolute atomic E-state index is 12.0. The molecule has 1 aromatic heterocycles. The standard InChI is InChI=1S/C11H17N3O3S/c1-7(2)11(3,6-12)13-10(15)8-4-5-9(18-8)14(16)17/h4-5,7H,6,12H2,1-3H3,(H,13,15). The molecule has 0 fully saturated rings. The fourth-order valence-corrected chi connectivity index (χ4v) is 2.02. The Morgan fingerprint density at radius 1 is 1.61 bits per heavy atom. The summed E-state index contributed by atoms with van der Waals surface area (Å²) in [7, 11) is 0. The average molecular weight is 271 g/mol. The molecule has 7 heteroatoms. The van der Waals surface area contributed by atoms with Gasteiger partial charge in [-0.1, -0.05) is 25.2 Å². The van der Waals surface area contributed by atoms with Crippen LogP contribution in [0.1, 0.15) is 30.4 Å². The lowest BCUT2D eigenvalue weighted by Gasteiger charge is -2.33. The van der Waals surface area contributed by atoms with E-state index >= 15 is 0 Å². The number of nitrogens with two attached hydrogens (primary N) is 1. The third-order valence-corrected chi connectivity index (χ3v) is 4.13. The molecule has 1 heterocycles. The topological polar surface area (TPSA) is 98.3 Å². The molecule has 100 valence electrons. The lowest BCUT2D eigenvalue weighted by molar-refractivity contribution is -0.380. The minimum Gasteiger partial charge on any atom is -0.345 e. The van der Waals surface area contributed by atoms with Crippen LogP contribution in [0.5, 0.6) is 0 Å². The van der Waals surface area contributed by atoms with Crippen LogP contribution >= 0.6 is 11.3 Å². The van der Waals surface area contributed by atoms with Crippen molar-refractivity contribution in [2.45, 2.75) is 26.3 Å². The van der Waals surface area contributed by atoms with Gasteiger partial charge in [0.2, 0.25) is 0 Å². The van der Waals surface area contributed by atoms with E-state index < -0.39 is 10.5 Å². The molecule has 1 unspecified atom stereocenters. The van der Waals surface area contributed by atoms with E-state index in [0.29, 0.717) is 11.4 Å². The van der Waals surface area contributed by atoms with Gasteiger partial charge in [0, 0.05) is 12.6 Å². The Morgan fingerprint density at radius 2 is 2.22 bits per heavy atom. The van der Waals surface area contributed by atoms with Crippen LogP contribution in [-0.4, -0.2) is 22.9 Å². The zero-order chi connectivity index (χ0) is 13.9. The largest absolute Gasteiger partial charge is 0.345 e. The Kier molecular flexibility index (Phi) is 4.42. The molecule has 1 amide bonds. The maximum atomic E-state index is 12.0. The Bertz CT molecular complexity index is 458. The number of hydrogen-bond donors (Lipinski definition) is 2. The van der Waals surface area contributed by atoms with Crippen molar-refractivity contribution in [2.75, 3.05) is 6.54 Å². The summed E-state index contributed by atoms with van der Waals surface area (Å²) in [6.07, 6.45) is 0. The van der Waals surface area contributed by atoms with E-state index in [9.17, 15) is 14.9 Å². The molecule has 1 aromatic rings. The summed E-state index contributed by atoms with van der Waals surface area (Å²) in [5, 5.41) is 13.3. The number of carbonyl (C=O) groups excluding carboxylic acids is 1. The highest BCUT2D eigenvalue weighted by molar-refractivity contribution is 7.17. The molecule has 0 saturated carbocycles. The van der Waals surface area contributed by atoms with E-state index in [0.717, 1.165) is 11.3 Å². The molecule has 1 rings (SSSR count). The second-order valence-corrected chi connectivity index (χ2v) is 5.69. The summed E-state index contributed by atoms with van der Waals surface area (Å²) in [5.41, 5.74) is 5.15. The fraction of sp³-hybridized carbons (Fsp3) is 0.545. The zero-order valence-electron chi connectivity index (χ0n) is 10.6. The summed E-state index contributed by atoms with van der Waals surface area (Å²) in [6, 6.07) is 2.78. The van der Waals surface area contributed by atoms with Crippen LogP contribution in [0.2, 0.25) is 0 Å². The quantitative estimate of drug-likeness (QED) is 0.629. The van der Waals surface area contributed by atoms with Crippen LogP contribution in [-0.2, 0) is 0 Å². The van der Waals surface area contributed by atoms with Gasteiger partial charge in [-0.3, -0.25) is 14.9 Å². The van der Waals surface area contributed by atoms with E-state index in [1.165, 1.54) is 12.1 Å². The minimum absolute atomic E-state index is 0.0425. The van der Waals surface area contributed by atoms with Gasteiger partial charge in [0.25, 0.3) is 5.91 Å². The number of amides is 1. The molecule has 0 bridgehead atoms. The van der Waals surface area contributed by atoms with Crippen molar-refractivity contribution >= 4 is 22.2 Å². The van der Waals surface area contributed by atoms with Gasteiger partial charge in [-0.25, -0.2) is 0 Å². The van der Waals surface area contributed by atoms with Crippen molar-refractivity contribution in [3.63, 3.8) is 0 Å². The van der Waals surface area contributed by atoms with Crippen molar-refractivity contribution in [1.29, 1.82) is 0 Å². The number of rotatable bonds is 5. The molecule has 0 aromatic carbocycles. The molecule has 0 radical (unpaired) electrons. The highest BCUT2D eigenvalue weighted by atomic mass is 32.1. The maximum Gasteiger partial charge on any atom is 0.324 e. The highest BCUT2D eigenvalue weighted by Crippen LogP contribution is 2.25. The predicted molar refractivity (Wildman–Crippen MR) is 70.7 cm³/mol. The van der Waals surface area contributed by atoms with Crippen LogP contribution in [0.4, 0.5) is 5.00 Å². The van der Waals surface area contributed by atoms with Gasteiger partial charge < -0.3 is 11.1 Å². The first-order valence-corrected chi connectivity index (χ1v) is 6.38. The Labute approximate surface area is 109 Å². The van der Waals surface area contributed by atoms with Crippen molar-refractivity contribution in [3.8, 4) is 0 Å². The van der Waals surface area contributed by atoms with Crippen LogP contribution in [0.3, 0.4) is 0 Å². The minimum atomic E-state index is -0.518. The van der Waals surface area contributed by atoms with Crippen molar-refractivity contribution in [2.24, 2.45) is 11.7 Å². The molecular formula is C11H17N3O3S. The summed E-state index contributed by atoms with van der Waals surface area (Å²) in [4.78, 5) is 22.3. The van der Waals surface area contributed by atoms with Gasteiger partial charge >= 0.3 is 5.00 Å². The van der Waals surface area contributed by atoms with E-state index in [2.05, 4.69) is 5.32 Å². The van der Waals surface area contributed by atoms with Gasteiger partial charge in [-0.15, -0.1) is 0 Å². The first-order valence-electron chi connectivity index (χ1n) is 5.57. The lowest BCUT2D eigenvalue weighted by Crippen LogP contribution is -2.54. The van der Waals surface area contributed by atoms with Crippen molar-refractivity contribution < 1.29 is 9.72 Å². The van der Waals surface area contributed by atoms with Crippen LogP contribution in [0.25, 0.3) is 0 Å². The zero-order valence-corrected chi connectivity index (χ0v) is 11.4. The second-order valence-electron chi connectivity index (χ2n) is 4.63. The van der Waals surface area contributed by atoms with E-state index in [4.69, 9.17) is 5.73 Å². The van der Waals surface area contributed by atoms with E-state index in [1.54, 1.807) is 0 Å². The van der Waals surface area contributed by atoms with Crippen molar-refractivity contribution in [1.82, 2.24) is 5.32 Å². The Hall–Kier alpha value is -1.47. The molecule has 0 aliphatic heterocycles. The van der Waals surface area contributed by atoms with Crippen LogP contribution in [0, 0.1) is 16.0 Å². The first-order chi connectivity index (χ1) is 8.30. The van der Waals surface area contributed by atoms with Crippen LogP contribution in [0.15, 0.2) is 12.1 Å². The van der Waals surface area contributed by atoms with Gasteiger partial charge in [0.1, 0.15) is 0 Å². The smallest absolute Gasteiger partial charge is 0.324 e. The molecule has 3 N–H and O–H groups in total. The molecule has 0 saturated heterocycles. The number of nitro groups is 1. The number of carbonyl (C=O) groups is 1. The van der Waals surface area contributed by atoms with Gasteiger partial charge in [-0.05, 0) is 18.9 Å². The van der Waals surface area contributed by atoms with Crippen molar-refractivity contribution in [3.05, 3.63) is 27.1 Å². The molecular weight excluding hydrogens is 254 g/mol. The molecule has 0 aliphatic carbocycles. The average Bonchev–Trinajstić information content (AvgIpc) is 2.77. The summed E-state index contributed by atoms with van der Waals surface area (Å²) < 4.78 is 0. The van der Waals surface area contributed by atoms with Gasteiger partial charge in [0.05, 0.1) is 15.3 Å². The Balaban J connectivity index is 2.84. The number of hydrogen-bond acceptors (Lipinski definition) is 5. The summed E-state index contributed by atoms with van der Waals surface area (Å²) in [5.74, 6) is -0.156. The monoisotopic (exact) mass is 271 g/mol. The third-order valence-electron chi connectivity index (χ3n) is 3.09. The number of thiophene rings is 1. The molecule has 18 heavy (non-hydrogen) atoms. The van der Waals surface area contributed by atoms with Crippen LogP contribution < -0.4 is 11.1 Å². The number of nitrogens with one attached hydrogen (secondary N) is 1. The molecule has 1 atom stereocenters.